The Morgan fingerprint density at radius 1 is 0.774 bits per heavy atom. The summed E-state index contributed by atoms with van der Waals surface area (Å²) in [5, 5.41) is 3.86. The number of benzene rings is 2. The molecule has 31 heavy (non-hydrogen) atoms. The van der Waals surface area contributed by atoms with E-state index >= 15 is 0 Å². The maximum absolute atomic E-state index is 6.04. The molecule has 0 N–H and O–H groups in total. The first-order valence-corrected chi connectivity index (χ1v) is 10.7. The molecule has 168 valence electrons. The van der Waals surface area contributed by atoms with Gasteiger partial charge in [0.2, 0.25) is 0 Å². The van der Waals surface area contributed by atoms with Gasteiger partial charge in [-0.05, 0) is 94.0 Å². The molecule has 0 heterocycles. The van der Waals surface area contributed by atoms with E-state index in [4.69, 9.17) is 19.0 Å². The zero-order valence-electron chi connectivity index (χ0n) is 19.7. The summed E-state index contributed by atoms with van der Waals surface area (Å²) in [6.45, 7) is 12.1. The number of aryl methyl sites for hydroxylation is 4. The van der Waals surface area contributed by atoms with Gasteiger partial charge < -0.3 is 19.0 Å². The van der Waals surface area contributed by atoms with Gasteiger partial charge in [0.25, 0.3) is 0 Å². The lowest BCUT2D eigenvalue weighted by Gasteiger charge is -2.15. The number of allylic oxidation sites excluding steroid dienone is 1. The first-order valence-electron chi connectivity index (χ1n) is 10.7. The highest BCUT2D eigenvalue weighted by atomic mass is 16.6. The zero-order chi connectivity index (χ0) is 22.6. The molecule has 0 amide bonds. The second-order valence-corrected chi connectivity index (χ2v) is 7.56. The SMILES string of the molecule is C/C=C/COc1cc(C)c(OCCCCOc2cc(C)c(C=NOC)c(C)c2)c(C)c1. The van der Waals surface area contributed by atoms with Crippen molar-refractivity contribution in [2.45, 2.75) is 47.5 Å². The summed E-state index contributed by atoms with van der Waals surface area (Å²) < 4.78 is 17.7. The lowest BCUT2D eigenvalue weighted by Crippen LogP contribution is -2.05. The van der Waals surface area contributed by atoms with Crippen LogP contribution in [0.2, 0.25) is 0 Å². The van der Waals surface area contributed by atoms with Crippen LogP contribution in [-0.4, -0.2) is 33.1 Å². The monoisotopic (exact) mass is 425 g/mol. The van der Waals surface area contributed by atoms with Gasteiger partial charge in [0.1, 0.15) is 31.0 Å². The Morgan fingerprint density at radius 2 is 1.32 bits per heavy atom. The van der Waals surface area contributed by atoms with Crippen molar-refractivity contribution in [3.63, 3.8) is 0 Å². The van der Waals surface area contributed by atoms with Crippen molar-refractivity contribution < 1.29 is 19.0 Å². The normalized spacial score (nSPS) is 11.3. The van der Waals surface area contributed by atoms with E-state index in [0.717, 1.165) is 57.9 Å². The van der Waals surface area contributed by atoms with Crippen molar-refractivity contribution in [2.24, 2.45) is 5.16 Å². The molecule has 0 aliphatic carbocycles. The fourth-order valence-electron chi connectivity index (χ4n) is 3.36. The molecule has 2 aromatic rings. The van der Waals surface area contributed by atoms with E-state index in [2.05, 4.69) is 19.0 Å². The lowest BCUT2D eigenvalue weighted by molar-refractivity contribution is 0.215. The van der Waals surface area contributed by atoms with E-state index in [1.165, 1.54) is 0 Å². The van der Waals surface area contributed by atoms with Gasteiger partial charge in [0.05, 0.1) is 19.4 Å². The average Bonchev–Trinajstić information content (AvgIpc) is 2.72. The standard InChI is InChI=1S/C26H35NO4/c1-7-8-11-29-24-16-21(4)26(22(5)17-24)31-13-10-9-12-30-23-14-19(2)25(18-27-28-6)20(3)15-23/h7-8,14-18H,9-13H2,1-6H3/b8-7+,27-18?. The van der Waals surface area contributed by atoms with Crippen LogP contribution in [0.4, 0.5) is 0 Å². The molecule has 0 fully saturated rings. The van der Waals surface area contributed by atoms with Crippen LogP contribution in [-0.2, 0) is 4.84 Å². The van der Waals surface area contributed by atoms with E-state index in [-0.39, 0.29) is 0 Å². The van der Waals surface area contributed by atoms with Crippen LogP contribution in [0, 0.1) is 27.7 Å². The van der Waals surface area contributed by atoms with E-state index in [0.29, 0.717) is 19.8 Å². The van der Waals surface area contributed by atoms with Crippen LogP contribution in [0.15, 0.2) is 41.6 Å². The largest absolute Gasteiger partial charge is 0.494 e. The van der Waals surface area contributed by atoms with Crippen LogP contribution >= 0.6 is 0 Å². The summed E-state index contributed by atoms with van der Waals surface area (Å²) >= 11 is 0. The van der Waals surface area contributed by atoms with Crippen LogP contribution in [0.3, 0.4) is 0 Å². The highest BCUT2D eigenvalue weighted by Gasteiger charge is 2.08. The fraction of sp³-hybridized carbons (Fsp3) is 0.423. The molecular formula is C26H35NO4. The van der Waals surface area contributed by atoms with E-state index in [9.17, 15) is 0 Å². The Balaban J connectivity index is 1.78. The minimum Gasteiger partial charge on any atom is -0.494 e. The van der Waals surface area contributed by atoms with Gasteiger partial charge in [-0.2, -0.15) is 0 Å². The number of hydrogen-bond donors (Lipinski definition) is 0. The molecule has 5 nitrogen and oxygen atoms in total. The van der Waals surface area contributed by atoms with Crippen molar-refractivity contribution in [2.75, 3.05) is 26.9 Å². The van der Waals surface area contributed by atoms with Gasteiger partial charge >= 0.3 is 0 Å². The maximum Gasteiger partial charge on any atom is 0.125 e. The molecule has 5 heteroatoms. The summed E-state index contributed by atoms with van der Waals surface area (Å²) in [6, 6.07) is 8.13. The van der Waals surface area contributed by atoms with E-state index in [1.54, 1.807) is 13.3 Å². The third-order valence-corrected chi connectivity index (χ3v) is 4.92. The number of hydrogen-bond acceptors (Lipinski definition) is 5. The smallest absolute Gasteiger partial charge is 0.125 e. The number of oxime groups is 1. The molecule has 0 aliphatic heterocycles. The average molecular weight is 426 g/mol. The minimum absolute atomic E-state index is 0.581. The molecule has 0 spiro atoms. The first-order chi connectivity index (χ1) is 15.0. The van der Waals surface area contributed by atoms with Gasteiger partial charge in [-0.15, -0.1) is 0 Å². The van der Waals surface area contributed by atoms with Gasteiger partial charge in [0.15, 0.2) is 0 Å². The highest BCUT2D eigenvalue weighted by Crippen LogP contribution is 2.28. The number of unbranched alkanes of at least 4 members (excludes halogenated alkanes) is 1. The van der Waals surface area contributed by atoms with Gasteiger partial charge in [-0.25, -0.2) is 0 Å². The third-order valence-electron chi connectivity index (χ3n) is 4.92. The summed E-state index contributed by atoms with van der Waals surface area (Å²) in [5.41, 5.74) is 5.47. The van der Waals surface area contributed by atoms with Gasteiger partial charge in [-0.3, -0.25) is 0 Å². The predicted octanol–water partition coefficient (Wildman–Crippen LogP) is 6.09. The van der Waals surface area contributed by atoms with Gasteiger partial charge in [0, 0.05) is 5.56 Å². The van der Waals surface area contributed by atoms with Crippen LogP contribution in [0.1, 0.15) is 47.6 Å². The number of ether oxygens (including phenoxy) is 3. The molecule has 0 radical (unpaired) electrons. The molecule has 0 bridgehead atoms. The molecule has 0 aromatic heterocycles. The highest BCUT2D eigenvalue weighted by molar-refractivity contribution is 5.83. The second-order valence-electron chi connectivity index (χ2n) is 7.56. The van der Waals surface area contributed by atoms with Gasteiger partial charge in [-0.1, -0.05) is 17.3 Å². The van der Waals surface area contributed by atoms with Crippen molar-refractivity contribution >= 4 is 6.21 Å². The molecular weight excluding hydrogens is 390 g/mol. The van der Waals surface area contributed by atoms with Crippen LogP contribution < -0.4 is 14.2 Å². The Morgan fingerprint density at radius 3 is 1.90 bits per heavy atom. The molecule has 0 atom stereocenters. The van der Waals surface area contributed by atoms with E-state index < -0.39 is 0 Å². The Hall–Kier alpha value is -2.95. The molecule has 0 saturated heterocycles. The van der Waals surface area contributed by atoms with Crippen LogP contribution in [0.25, 0.3) is 0 Å². The minimum atomic E-state index is 0.581. The Bertz CT molecular complexity index is 856. The first kappa shape index (κ1) is 24.3. The molecule has 0 saturated carbocycles. The Labute approximate surface area is 186 Å². The predicted molar refractivity (Wildman–Crippen MR) is 127 cm³/mol. The summed E-state index contributed by atoms with van der Waals surface area (Å²) in [7, 11) is 1.54. The van der Waals surface area contributed by atoms with Crippen LogP contribution in [0.5, 0.6) is 17.2 Å². The summed E-state index contributed by atoms with van der Waals surface area (Å²) in [4.78, 5) is 4.78. The second kappa shape index (κ2) is 12.7. The van der Waals surface area contributed by atoms with Crippen molar-refractivity contribution in [1.82, 2.24) is 0 Å². The lowest BCUT2D eigenvalue weighted by atomic mass is 10.0. The summed E-state index contributed by atoms with van der Waals surface area (Å²) in [5.74, 6) is 2.70. The molecule has 2 aromatic carbocycles. The van der Waals surface area contributed by atoms with Crippen molar-refractivity contribution in [3.8, 4) is 17.2 Å². The fourth-order valence-corrected chi connectivity index (χ4v) is 3.36. The molecule has 2 rings (SSSR count). The third kappa shape index (κ3) is 7.67. The van der Waals surface area contributed by atoms with Crippen molar-refractivity contribution in [1.29, 1.82) is 0 Å². The quantitative estimate of drug-likeness (QED) is 0.179. The zero-order valence-corrected chi connectivity index (χ0v) is 19.7. The number of rotatable bonds is 12. The Kier molecular flexibility index (Phi) is 9.95. The topological polar surface area (TPSA) is 49.3 Å². The molecule has 0 aliphatic rings. The number of nitrogens with zero attached hydrogens (tertiary/aromatic N) is 1. The maximum atomic E-state index is 6.04. The van der Waals surface area contributed by atoms with Crippen molar-refractivity contribution in [3.05, 3.63) is 64.2 Å². The molecule has 0 unspecified atom stereocenters. The van der Waals surface area contributed by atoms with E-state index in [1.807, 2.05) is 57.2 Å². The summed E-state index contributed by atoms with van der Waals surface area (Å²) in [6.07, 6.45) is 7.55.